The Bertz CT molecular complexity index is 590. The molecule has 2 aromatic rings. The Balaban J connectivity index is 1.81. The van der Waals surface area contributed by atoms with E-state index in [0.717, 1.165) is 30.4 Å². The van der Waals surface area contributed by atoms with Crippen molar-refractivity contribution < 1.29 is 4.79 Å². The standard InChI is InChI=1S/C15H19N3O/c1-2-5-11-8-9-18(10-11)15(19)14-12-6-3-4-7-13(12)16-17-14/h3-4,6-7,11H,2,5,8-10H2,1H3,(H,16,17). The van der Waals surface area contributed by atoms with Gasteiger partial charge in [-0.25, -0.2) is 0 Å². The van der Waals surface area contributed by atoms with Crippen LogP contribution >= 0.6 is 0 Å². The van der Waals surface area contributed by atoms with Crippen molar-refractivity contribution >= 4 is 16.8 Å². The van der Waals surface area contributed by atoms with Crippen molar-refractivity contribution in [1.29, 1.82) is 0 Å². The molecule has 4 nitrogen and oxygen atoms in total. The minimum atomic E-state index is 0.0658. The van der Waals surface area contributed by atoms with Gasteiger partial charge in [-0.15, -0.1) is 0 Å². The summed E-state index contributed by atoms with van der Waals surface area (Å²) in [4.78, 5) is 14.5. The van der Waals surface area contributed by atoms with E-state index in [4.69, 9.17) is 0 Å². The Labute approximate surface area is 112 Å². The lowest BCUT2D eigenvalue weighted by Crippen LogP contribution is -2.29. The first-order valence-corrected chi connectivity index (χ1v) is 7.02. The average molecular weight is 257 g/mol. The van der Waals surface area contributed by atoms with Crippen LogP contribution in [-0.2, 0) is 0 Å². The summed E-state index contributed by atoms with van der Waals surface area (Å²) in [6, 6.07) is 7.79. The van der Waals surface area contributed by atoms with Gasteiger partial charge in [0.2, 0.25) is 0 Å². The summed E-state index contributed by atoms with van der Waals surface area (Å²) in [6.45, 7) is 3.95. The first-order chi connectivity index (χ1) is 9.29. The molecule has 2 heterocycles. The first-order valence-electron chi connectivity index (χ1n) is 7.02. The van der Waals surface area contributed by atoms with Crippen LogP contribution in [0.3, 0.4) is 0 Å². The largest absolute Gasteiger partial charge is 0.337 e. The molecule has 0 bridgehead atoms. The monoisotopic (exact) mass is 257 g/mol. The number of nitrogens with one attached hydrogen (secondary N) is 1. The predicted molar refractivity (Wildman–Crippen MR) is 75.0 cm³/mol. The molecular formula is C15H19N3O. The van der Waals surface area contributed by atoms with Gasteiger partial charge in [-0.1, -0.05) is 31.5 Å². The zero-order valence-corrected chi connectivity index (χ0v) is 11.2. The summed E-state index contributed by atoms with van der Waals surface area (Å²) >= 11 is 0. The van der Waals surface area contributed by atoms with Gasteiger partial charge in [0.05, 0.1) is 5.52 Å². The number of rotatable bonds is 3. The van der Waals surface area contributed by atoms with Crippen LogP contribution in [0.4, 0.5) is 0 Å². The molecule has 4 heteroatoms. The average Bonchev–Trinajstić information content (AvgIpc) is 3.05. The normalized spacial score (nSPS) is 19.2. The molecule has 0 aliphatic carbocycles. The lowest BCUT2D eigenvalue weighted by molar-refractivity contribution is 0.0782. The van der Waals surface area contributed by atoms with Crippen LogP contribution in [0.25, 0.3) is 10.9 Å². The lowest BCUT2D eigenvalue weighted by atomic mass is 10.0. The van der Waals surface area contributed by atoms with Gasteiger partial charge in [-0.3, -0.25) is 9.89 Å². The topological polar surface area (TPSA) is 49.0 Å². The molecule has 0 radical (unpaired) electrons. The number of carbonyl (C=O) groups is 1. The van der Waals surface area contributed by atoms with Gasteiger partial charge < -0.3 is 4.90 Å². The number of fused-ring (bicyclic) bond motifs is 1. The molecule has 1 fully saturated rings. The van der Waals surface area contributed by atoms with Gasteiger partial charge in [0.15, 0.2) is 5.69 Å². The van der Waals surface area contributed by atoms with E-state index < -0.39 is 0 Å². The summed E-state index contributed by atoms with van der Waals surface area (Å²) in [5.41, 5.74) is 1.49. The van der Waals surface area contributed by atoms with E-state index in [-0.39, 0.29) is 5.91 Å². The quantitative estimate of drug-likeness (QED) is 0.919. The van der Waals surface area contributed by atoms with E-state index in [9.17, 15) is 4.79 Å². The highest BCUT2D eigenvalue weighted by molar-refractivity contribution is 6.04. The third-order valence-electron chi connectivity index (χ3n) is 3.94. The number of aromatic amines is 1. The Morgan fingerprint density at radius 1 is 1.47 bits per heavy atom. The summed E-state index contributed by atoms with van der Waals surface area (Å²) < 4.78 is 0. The van der Waals surface area contributed by atoms with Crippen molar-refractivity contribution in [3.63, 3.8) is 0 Å². The van der Waals surface area contributed by atoms with Crippen molar-refractivity contribution in [2.45, 2.75) is 26.2 Å². The van der Waals surface area contributed by atoms with Gasteiger partial charge >= 0.3 is 0 Å². The van der Waals surface area contributed by atoms with Crippen molar-refractivity contribution in [1.82, 2.24) is 15.1 Å². The Kier molecular flexibility index (Phi) is 3.23. The predicted octanol–water partition coefficient (Wildman–Crippen LogP) is 2.83. The minimum absolute atomic E-state index is 0.0658. The molecule has 1 aliphatic rings. The van der Waals surface area contributed by atoms with Crippen LogP contribution in [0.2, 0.25) is 0 Å². The van der Waals surface area contributed by atoms with Crippen LogP contribution < -0.4 is 0 Å². The third-order valence-corrected chi connectivity index (χ3v) is 3.94. The van der Waals surface area contributed by atoms with Crippen molar-refractivity contribution in [2.75, 3.05) is 13.1 Å². The number of para-hydroxylation sites is 1. The van der Waals surface area contributed by atoms with E-state index >= 15 is 0 Å². The zero-order valence-electron chi connectivity index (χ0n) is 11.2. The second kappa shape index (κ2) is 5.03. The van der Waals surface area contributed by atoms with E-state index in [1.165, 1.54) is 12.8 Å². The molecule has 0 spiro atoms. The minimum Gasteiger partial charge on any atom is -0.337 e. The highest BCUT2D eigenvalue weighted by Gasteiger charge is 2.28. The third kappa shape index (κ3) is 2.23. The van der Waals surface area contributed by atoms with Gasteiger partial charge in [0, 0.05) is 18.5 Å². The van der Waals surface area contributed by atoms with E-state index in [0.29, 0.717) is 11.6 Å². The molecule has 100 valence electrons. The molecular weight excluding hydrogens is 238 g/mol. The molecule has 1 atom stereocenters. The molecule has 1 aromatic heterocycles. The fourth-order valence-electron chi connectivity index (χ4n) is 2.94. The van der Waals surface area contributed by atoms with E-state index in [2.05, 4.69) is 17.1 Å². The SMILES string of the molecule is CCCC1CCN(C(=O)c2n[nH]c3ccccc23)C1. The summed E-state index contributed by atoms with van der Waals surface area (Å²) in [6.07, 6.45) is 3.53. The Morgan fingerprint density at radius 2 is 2.32 bits per heavy atom. The fraction of sp³-hybridized carbons (Fsp3) is 0.467. The number of benzene rings is 1. The number of carbonyl (C=O) groups excluding carboxylic acids is 1. The maximum absolute atomic E-state index is 12.5. The molecule has 3 rings (SSSR count). The summed E-state index contributed by atoms with van der Waals surface area (Å²) in [5, 5.41) is 8.05. The fourth-order valence-corrected chi connectivity index (χ4v) is 2.94. The summed E-state index contributed by atoms with van der Waals surface area (Å²) in [7, 11) is 0. The number of nitrogens with zero attached hydrogens (tertiary/aromatic N) is 2. The highest BCUT2D eigenvalue weighted by Crippen LogP contribution is 2.24. The van der Waals surface area contributed by atoms with Gasteiger partial charge in [-0.2, -0.15) is 5.10 Å². The second-order valence-corrected chi connectivity index (χ2v) is 5.31. The number of hydrogen-bond donors (Lipinski definition) is 1. The molecule has 1 unspecified atom stereocenters. The number of amides is 1. The van der Waals surface area contributed by atoms with Crippen LogP contribution in [0.15, 0.2) is 24.3 Å². The Morgan fingerprint density at radius 3 is 3.16 bits per heavy atom. The molecule has 0 saturated carbocycles. The molecule has 1 aromatic carbocycles. The molecule has 1 saturated heterocycles. The van der Waals surface area contributed by atoms with Crippen molar-refractivity contribution in [3.8, 4) is 0 Å². The maximum Gasteiger partial charge on any atom is 0.275 e. The van der Waals surface area contributed by atoms with Crippen molar-refractivity contribution in [3.05, 3.63) is 30.0 Å². The van der Waals surface area contributed by atoms with Crippen molar-refractivity contribution in [2.24, 2.45) is 5.92 Å². The van der Waals surface area contributed by atoms with Crippen LogP contribution in [0.5, 0.6) is 0 Å². The second-order valence-electron chi connectivity index (χ2n) is 5.31. The Hall–Kier alpha value is -1.84. The molecule has 1 N–H and O–H groups in total. The number of likely N-dealkylation sites (tertiary alicyclic amines) is 1. The zero-order chi connectivity index (χ0) is 13.2. The summed E-state index contributed by atoms with van der Waals surface area (Å²) in [5.74, 6) is 0.732. The number of hydrogen-bond acceptors (Lipinski definition) is 2. The maximum atomic E-state index is 12.5. The van der Waals surface area contributed by atoms with E-state index in [1.807, 2.05) is 29.2 Å². The first kappa shape index (κ1) is 12.2. The van der Waals surface area contributed by atoms with Crippen LogP contribution in [0, 0.1) is 5.92 Å². The molecule has 1 aliphatic heterocycles. The van der Waals surface area contributed by atoms with Gasteiger partial charge in [0.25, 0.3) is 5.91 Å². The van der Waals surface area contributed by atoms with E-state index in [1.54, 1.807) is 0 Å². The lowest BCUT2D eigenvalue weighted by Gasteiger charge is -2.15. The highest BCUT2D eigenvalue weighted by atomic mass is 16.2. The van der Waals surface area contributed by atoms with Crippen LogP contribution in [0.1, 0.15) is 36.7 Å². The van der Waals surface area contributed by atoms with Crippen LogP contribution in [-0.4, -0.2) is 34.1 Å². The smallest absolute Gasteiger partial charge is 0.275 e. The molecule has 19 heavy (non-hydrogen) atoms. The van der Waals surface area contributed by atoms with Gasteiger partial charge in [-0.05, 0) is 24.8 Å². The molecule has 1 amide bonds. The number of aromatic nitrogens is 2. The van der Waals surface area contributed by atoms with Gasteiger partial charge in [0.1, 0.15) is 0 Å². The number of H-pyrrole nitrogens is 1.